The van der Waals surface area contributed by atoms with E-state index >= 15 is 0 Å². The fourth-order valence-electron chi connectivity index (χ4n) is 2.02. The number of nitrogens with zero attached hydrogens (tertiary/aromatic N) is 1. The molecule has 1 aliphatic rings. The summed E-state index contributed by atoms with van der Waals surface area (Å²) >= 11 is 3.47. The van der Waals surface area contributed by atoms with Crippen molar-refractivity contribution in [2.75, 3.05) is 0 Å². The minimum absolute atomic E-state index is 0.111. The summed E-state index contributed by atoms with van der Waals surface area (Å²) < 4.78 is 6.78. The van der Waals surface area contributed by atoms with Crippen molar-refractivity contribution in [2.45, 2.75) is 44.8 Å². The number of aryl methyl sites for hydroxylation is 1. The first-order valence-corrected chi connectivity index (χ1v) is 6.50. The lowest BCUT2D eigenvalue weighted by Gasteiger charge is -2.28. The maximum Gasteiger partial charge on any atom is 0.228 e. The SMILES string of the molecule is Cc1cnc(OC2CCCCC2N)c(Br)c1. The molecule has 0 aromatic carbocycles. The predicted molar refractivity (Wildman–Crippen MR) is 67.5 cm³/mol. The van der Waals surface area contributed by atoms with Gasteiger partial charge in [-0.25, -0.2) is 4.98 Å². The van der Waals surface area contributed by atoms with Crippen molar-refractivity contribution < 1.29 is 4.74 Å². The molecule has 0 bridgehead atoms. The maximum atomic E-state index is 6.04. The van der Waals surface area contributed by atoms with E-state index in [1.54, 1.807) is 0 Å². The maximum absolute atomic E-state index is 6.04. The van der Waals surface area contributed by atoms with Crippen LogP contribution in [0.2, 0.25) is 0 Å². The number of hydrogen-bond donors (Lipinski definition) is 1. The molecule has 0 saturated heterocycles. The van der Waals surface area contributed by atoms with Crippen LogP contribution in [0.15, 0.2) is 16.7 Å². The van der Waals surface area contributed by atoms with E-state index in [0.717, 1.165) is 22.9 Å². The molecule has 0 aliphatic heterocycles. The molecule has 1 aromatic rings. The zero-order valence-corrected chi connectivity index (χ0v) is 11.0. The molecule has 4 heteroatoms. The molecule has 3 nitrogen and oxygen atoms in total. The molecule has 2 rings (SSSR count). The highest BCUT2D eigenvalue weighted by molar-refractivity contribution is 9.10. The third-order valence-electron chi connectivity index (χ3n) is 2.96. The van der Waals surface area contributed by atoms with Gasteiger partial charge >= 0.3 is 0 Å². The Bertz CT molecular complexity index is 370. The second-order valence-electron chi connectivity index (χ2n) is 4.40. The summed E-state index contributed by atoms with van der Waals surface area (Å²) in [6.45, 7) is 2.01. The lowest BCUT2D eigenvalue weighted by Crippen LogP contribution is -2.41. The number of halogens is 1. The molecule has 1 aromatic heterocycles. The van der Waals surface area contributed by atoms with Crippen molar-refractivity contribution in [3.05, 3.63) is 22.3 Å². The fraction of sp³-hybridized carbons (Fsp3) is 0.583. The fourth-order valence-corrected chi connectivity index (χ4v) is 2.58. The van der Waals surface area contributed by atoms with E-state index in [4.69, 9.17) is 10.5 Å². The molecule has 16 heavy (non-hydrogen) atoms. The van der Waals surface area contributed by atoms with Gasteiger partial charge in [-0.2, -0.15) is 0 Å². The number of aromatic nitrogens is 1. The van der Waals surface area contributed by atoms with Crippen molar-refractivity contribution in [2.24, 2.45) is 5.73 Å². The highest BCUT2D eigenvalue weighted by atomic mass is 79.9. The summed E-state index contributed by atoms with van der Waals surface area (Å²) in [6.07, 6.45) is 6.41. The lowest BCUT2D eigenvalue weighted by molar-refractivity contribution is 0.126. The van der Waals surface area contributed by atoms with Crippen LogP contribution in [0.3, 0.4) is 0 Å². The van der Waals surface area contributed by atoms with E-state index in [1.807, 2.05) is 19.2 Å². The van der Waals surface area contributed by atoms with E-state index in [1.165, 1.54) is 12.8 Å². The molecule has 2 N–H and O–H groups in total. The van der Waals surface area contributed by atoms with Gasteiger partial charge in [-0.1, -0.05) is 6.42 Å². The summed E-state index contributed by atoms with van der Waals surface area (Å²) in [5.74, 6) is 0.660. The summed E-state index contributed by atoms with van der Waals surface area (Å²) in [4.78, 5) is 4.28. The van der Waals surface area contributed by atoms with Crippen molar-refractivity contribution in [1.82, 2.24) is 4.98 Å². The van der Waals surface area contributed by atoms with Crippen LogP contribution >= 0.6 is 15.9 Å². The summed E-state index contributed by atoms with van der Waals surface area (Å²) in [7, 11) is 0. The van der Waals surface area contributed by atoms with Crippen molar-refractivity contribution in [3.8, 4) is 5.88 Å². The Hall–Kier alpha value is -0.610. The van der Waals surface area contributed by atoms with E-state index in [2.05, 4.69) is 20.9 Å². The minimum Gasteiger partial charge on any atom is -0.472 e. The van der Waals surface area contributed by atoms with Gasteiger partial charge < -0.3 is 10.5 Å². The van der Waals surface area contributed by atoms with Crippen molar-refractivity contribution in [3.63, 3.8) is 0 Å². The van der Waals surface area contributed by atoms with Gasteiger partial charge in [0, 0.05) is 12.2 Å². The lowest BCUT2D eigenvalue weighted by atomic mass is 9.93. The quantitative estimate of drug-likeness (QED) is 0.909. The molecule has 1 fully saturated rings. The van der Waals surface area contributed by atoms with Crippen molar-refractivity contribution in [1.29, 1.82) is 0 Å². The first-order valence-electron chi connectivity index (χ1n) is 5.71. The Morgan fingerprint density at radius 1 is 1.44 bits per heavy atom. The van der Waals surface area contributed by atoms with E-state index < -0.39 is 0 Å². The van der Waals surface area contributed by atoms with Crippen LogP contribution < -0.4 is 10.5 Å². The molecule has 1 heterocycles. The monoisotopic (exact) mass is 284 g/mol. The zero-order chi connectivity index (χ0) is 11.5. The van der Waals surface area contributed by atoms with E-state index in [9.17, 15) is 0 Å². The molecule has 88 valence electrons. The van der Waals surface area contributed by atoms with Crippen LogP contribution in [-0.4, -0.2) is 17.1 Å². The Morgan fingerprint density at radius 2 is 2.19 bits per heavy atom. The summed E-state index contributed by atoms with van der Waals surface area (Å²) in [6, 6.07) is 2.15. The van der Waals surface area contributed by atoms with Crippen LogP contribution in [-0.2, 0) is 0 Å². The van der Waals surface area contributed by atoms with Gasteiger partial charge in [-0.05, 0) is 53.7 Å². The number of pyridine rings is 1. The van der Waals surface area contributed by atoms with Gasteiger partial charge in [0.25, 0.3) is 0 Å². The summed E-state index contributed by atoms with van der Waals surface area (Å²) in [5.41, 5.74) is 7.16. The molecular weight excluding hydrogens is 268 g/mol. The molecular formula is C12H17BrN2O. The first kappa shape index (κ1) is 11.9. The van der Waals surface area contributed by atoms with Crippen LogP contribution in [0.25, 0.3) is 0 Å². The Morgan fingerprint density at radius 3 is 2.88 bits per heavy atom. The molecule has 2 atom stereocenters. The number of rotatable bonds is 2. The highest BCUT2D eigenvalue weighted by Crippen LogP contribution is 2.27. The van der Waals surface area contributed by atoms with Crippen molar-refractivity contribution >= 4 is 15.9 Å². The Labute approximate surface area is 105 Å². The molecule has 2 unspecified atom stereocenters. The Kier molecular flexibility index (Phi) is 3.82. The molecule has 0 spiro atoms. The van der Waals surface area contributed by atoms with Gasteiger partial charge in [0.2, 0.25) is 5.88 Å². The van der Waals surface area contributed by atoms with Crippen LogP contribution in [0, 0.1) is 6.92 Å². The standard InChI is InChI=1S/C12H17BrN2O/c1-8-6-9(13)12(15-7-8)16-11-5-3-2-4-10(11)14/h6-7,10-11H,2-5,14H2,1H3. The summed E-state index contributed by atoms with van der Waals surface area (Å²) in [5, 5.41) is 0. The van der Waals surface area contributed by atoms with E-state index in [0.29, 0.717) is 5.88 Å². The molecule has 0 radical (unpaired) electrons. The Balaban J connectivity index is 2.07. The van der Waals surface area contributed by atoms with Gasteiger partial charge in [0.1, 0.15) is 6.10 Å². The van der Waals surface area contributed by atoms with Gasteiger partial charge in [0.15, 0.2) is 0 Å². The minimum atomic E-state index is 0.111. The van der Waals surface area contributed by atoms with Gasteiger partial charge in [0.05, 0.1) is 4.47 Å². The normalized spacial score (nSPS) is 25.4. The average molecular weight is 285 g/mol. The van der Waals surface area contributed by atoms with Crippen LogP contribution in [0.5, 0.6) is 5.88 Å². The number of ether oxygens (including phenoxy) is 1. The third kappa shape index (κ3) is 2.74. The second kappa shape index (κ2) is 5.15. The molecule has 0 amide bonds. The smallest absolute Gasteiger partial charge is 0.228 e. The van der Waals surface area contributed by atoms with Crippen LogP contribution in [0.4, 0.5) is 0 Å². The first-order chi connectivity index (χ1) is 7.66. The zero-order valence-electron chi connectivity index (χ0n) is 9.45. The topological polar surface area (TPSA) is 48.1 Å². The largest absolute Gasteiger partial charge is 0.472 e. The number of hydrogen-bond acceptors (Lipinski definition) is 3. The van der Waals surface area contributed by atoms with E-state index in [-0.39, 0.29) is 12.1 Å². The molecule has 1 aliphatic carbocycles. The van der Waals surface area contributed by atoms with Gasteiger partial charge in [-0.3, -0.25) is 0 Å². The second-order valence-corrected chi connectivity index (χ2v) is 5.26. The van der Waals surface area contributed by atoms with Crippen LogP contribution in [0.1, 0.15) is 31.2 Å². The molecule has 1 saturated carbocycles. The highest BCUT2D eigenvalue weighted by Gasteiger charge is 2.24. The number of nitrogens with two attached hydrogens (primary N) is 1. The van der Waals surface area contributed by atoms with Gasteiger partial charge in [-0.15, -0.1) is 0 Å². The third-order valence-corrected chi connectivity index (χ3v) is 3.53. The predicted octanol–water partition coefficient (Wildman–Crippen LogP) is 2.80. The average Bonchev–Trinajstić information content (AvgIpc) is 2.25.